The highest BCUT2D eigenvalue weighted by atomic mass is 16.5. The summed E-state index contributed by atoms with van der Waals surface area (Å²) in [6.07, 6.45) is 0.889. The lowest BCUT2D eigenvalue weighted by atomic mass is 10.1. The molecule has 16 heavy (non-hydrogen) atoms. The molecule has 1 aromatic rings. The van der Waals surface area contributed by atoms with Gasteiger partial charge in [0.1, 0.15) is 5.75 Å². The Kier molecular flexibility index (Phi) is 5.12. The van der Waals surface area contributed by atoms with Gasteiger partial charge in [-0.25, -0.2) is 0 Å². The number of nitrogen functional groups attached to an aromatic ring is 1. The Morgan fingerprint density at radius 1 is 1.19 bits per heavy atom. The van der Waals surface area contributed by atoms with Crippen molar-refractivity contribution in [3.8, 4) is 5.75 Å². The van der Waals surface area contributed by atoms with E-state index in [1.165, 1.54) is 0 Å². The van der Waals surface area contributed by atoms with Gasteiger partial charge in [0.2, 0.25) is 0 Å². The molecule has 2 N–H and O–H groups in total. The van der Waals surface area contributed by atoms with Crippen LogP contribution in [0.4, 0.5) is 5.69 Å². The first-order chi connectivity index (χ1) is 7.65. The van der Waals surface area contributed by atoms with Crippen molar-refractivity contribution in [2.75, 3.05) is 25.6 Å². The van der Waals surface area contributed by atoms with Crippen LogP contribution >= 0.6 is 0 Å². The Labute approximate surface area is 97.6 Å². The molecule has 0 saturated heterocycles. The molecule has 0 spiro atoms. The summed E-state index contributed by atoms with van der Waals surface area (Å²) in [7, 11) is 0. The number of hydrogen-bond donors (Lipinski definition) is 1. The second-order valence-electron chi connectivity index (χ2n) is 3.90. The lowest BCUT2D eigenvalue weighted by molar-refractivity contribution is 0.131. The van der Waals surface area contributed by atoms with Gasteiger partial charge in [0, 0.05) is 19.6 Å². The van der Waals surface area contributed by atoms with Gasteiger partial charge in [-0.2, -0.15) is 0 Å². The van der Waals surface area contributed by atoms with E-state index in [1.807, 2.05) is 26.8 Å². The number of rotatable bonds is 6. The molecule has 0 aliphatic heterocycles. The monoisotopic (exact) mass is 223 g/mol. The van der Waals surface area contributed by atoms with Crippen molar-refractivity contribution in [2.45, 2.75) is 27.2 Å². The average molecular weight is 223 g/mol. The Bertz CT molecular complexity index is 314. The van der Waals surface area contributed by atoms with Crippen LogP contribution in [0.3, 0.4) is 0 Å². The molecule has 0 saturated carbocycles. The second-order valence-corrected chi connectivity index (χ2v) is 3.90. The van der Waals surface area contributed by atoms with Crippen LogP contribution in [0.15, 0.2) is 12.1 Å². The Morgan fingerprint density at radius 2 is 1.94 bits per heavy atom. The zero-order chi connectivity index (χ0) is 12.0. The molecular weight excluding hydrogens is 202 g/mol. The summed E-state index contributed by atoms with van der Waals surface area (Å²) in [6.45, 7) is 8.17. The molecule has 0 atom stereocenters. The molecule has 0 aromatic heterocycles. The summed E-state index contributed by atoms with van der Waals surface area (Å²) < 4.78 is 10.9. The van der Waals surface area contributed by atoms with Crippen molar-refractivity contribution < 1.29 is 9.47 Å². The maximum atomic E-state index is 5.91. The Morgan fingerprint density at radius 3 is 2.56 bits per heavy atom. The van der Waals surface area contributed by atoms with E-state index in [4.69, 9.17) is 15.2 Å². The molecular formula is C13H21NO2. The van der Waals surface area contributed by atoms with Gasteiger partial charge in [0.25, 0.3) is 0 Å². The largest absolute Gasteiger partial charge is 0.491 e. The molecule has 1 rings (SSSR count). The highest BCUT2D eigenvalue weighted by Gasteiger charge is 2.05. The highest BCUT2D eigenvalue weighted by Crippen LogP contribution is 2.27. The van der Waals surface area contributed by atoms with E-state index in [-0.39, 0.29) is 0 Å². The highest BCUT2D eigenvalue weighted by molar-refractivity contribution is 5.58. The molecule has 0 heterocycles. The molecule has 90 valence electrons. The summed E-state index contributed by atoms with van der Waals surface area (Å²) in [6, 6.07) is 4.01. The summed E-state index contributed by atoms with van der Waals surface area (Å²) in [4.78, 5) is 0. The van der Waals surface area contributed by atoms with Crippen LogP contribution in [0.1, 0.15) is 24.5 Å². The van der Waals surface area contributed by atoms with Crippen LogP contribution in [-0.4, -0.2) is 19.8 Å². The molecule has 0 fully saturated rings. The molecule has 0 aliphatic rings. The van der Waals surface area contributed by atoms with Crippen LogP contribution in [0, 0.1) is 13.8 Å². The SMILES string of the molecule is CCOCCCOc1c(C)cc(C)cc1N. The van der Waals surface area contributed by atoms with Crippen LogP contribution < -0.4 is 10.5 Å². The normalized spacial score (nSPS) is 10.4. The third-order valence-electron chi connectivity index (χ3n) is 2.33. The minimum Gasteiger partial charge on any atom is -0.491 e. The lowest BCUT2D eigenvalue weighted by Gasteiger charge is -2.12. The van der Waals surface area contributed by atoms with Crippen LogP contribution in [-0.2, 0) is 4.74 Å². The van der Waals surface area contributed by atoms with E-state index in [0.29, 0.717) is 12.3 Å². The quantitative estimate of drug-likeness (QED) is 0.595. The van der Waals surface area contributed by atoms with Gasteiger partial charge in [-0.05, 0) is 38.0 Å². The van der Waals surface area contributed by atoms with Crippen molar-refractivity contribution in [2.24, 2.45) is 0 Å². The first-order valence-electron chi connectivity index (χ1n) is 5.72. The smallest absolute Gasteiger partial charge is 0.145 e. The van der Waals surface area contributed by atoms with Gasteiger partial charge in [-0.1, -0.05) is 6.07 Å². The number of aryl methyl sites for hydroxylation is 2. The van der Waals surface area contributed by atoms with Gasteiger partial charge >= 0.3 is 0 Å². The van der Waals surface area contributed by atoms with Crippen molar-refractivity contribution >= 4 is 5.69 Å². The number of anilines is 1. The molecule has 0 aliphatic carbocycles. The van der Waals surface area contributed by atoms with E-state index in [1.54, 1.807) is 0 Å². The van der Waals surface area contributed by atoms with Crippen molar-refractivity contribution in [3.63, 3.8) is 0 Å². The maximum Gasteiger partial charge on any atom is 0.145 e. The lowest BCUT2D eigenvalue weighted by Crippen LogP contribution is -2.05. The number of benzene rings is 1. The van der Waals surface area contributed by atoms with Gasteiger partial charge < -0.3 is 15.2 Å². The van der Waals surface area contributed by atoms with Gasteiger partial charge in [-0.15, -0.1) is 0 Å². The predicted molar refractivity (Wildman–Crippen MR) is 66.9 cm³/mol. The molecule has 0 radical (unpaired) electrons. The van der Waals surface area contributed by atoms with Crippen molar-refractivity contribution in [1.29, 1.82) is 0 Å². The maximum absolute atomic E-state index is 5.91. The fourth-order valence-corrected chi connectivity index (χ4v) is 1.66. The summed E-state index contributed by atoms with van der Waals surface area (Å²) in [5.41, 5.74) is 8.88. The molecule has 0 unspecified atom stereocenters. The van der Waals surface area contributed by atoms with E-state index in [0.717, 1.165) is 36.5 Å². The van der Waals surface area contributed by atoms with E-state index in [9.17, 15) is 0 Å². The molecule has 0 amide bonds. The first-order valence-corrected chi connectivity index (χ1v) is 5.72. The third-order valence-corrected chi connectivity index (χ3v) is 2.33. The fraction of sp³-hybridized carbons (Fsp3) is 0.538. The molecule has 3 heteroatoms. The van der Waals surface area contributed by atoms with E-state index < -0.39 is 0 Å². The zero-order valence-electron chi connectivity index (χ0n) is 10.4. The second kappa shape index (κ2) is 6.38. The molecule has 1 aromatic carbocycles. The van der Waals surface area contributed by atoms with Gasteiger partial charge in [0.15, 0.2) is 0 Å². The number of nitrogens with two attached hydrogens (primary N) is 1. The van der Waals surface area contributed by atoms with Gasteiger partial charge in [-0.3, -0.25) is 0 Å². The van der Waals surface area contributed by atoms with Crippen LogP contribution in [0.25, 0.3) is 0 Å². The van der Waals surface area contributed by atoms with E-state index >= 15 is 0 Å². The Balaban J connectivity index is 2.47. The van der Waals surface area contributed by atoms with E-state index in [2.05, 4.69) is 6.07 Å². The third kappa shape index (κ3) is 3.74. The summed E-state index contributed by atoms with van der Waals surface area (Å²) >= 11 is 0. The Hall–Kier alpha value is -1.22. The zero-order valence-corrected chi connectivity index (χ0v) is 10.4. The summed E-state index contributed by atoms with van der Waals surface area (Å²) in [5, 5.41) is 0. The minimum atomic E-state index is 0.647. The van der Waals surface area contributed by atoms with Crippen LogP contribution in [0.5, 0.6) is 5.75 Å². The van der Waals surface area contributed by atoms with Crippen molar-refractivity contribution in [3.05, 3.63) is 23.3 Å². The molecule has 3 nitrogen and oxygen atoms in total. The van der Waals surface area contributed by atoms with Crippen molar-refractivity contribution in [1.82, 2.24) is 0 Å². The molecule has 0 bridgehead atoms. The minimum absolute atomic E-state index is 0.647. The average Bonchev–Trinajstić information content (AvgIpc) is 2.20. The number of hydrogen-bond acceptors (Lipinski definition) is 3. The van der Waals surface area contributed by atoms with Crippen LogP contribution in [0.2, 0.25) is 0 Å². The predicted octanol–water partition coefficient (Wildman–Crippen LogP) is 2.69. The first kappa shape index (κ1) is 12.8. The topological polar surface area (TPSA) is 44.5 Å². The summed E-state index contributed by atoms with van der Waals surface area (Å²) in [5.74, 6) is 0.807. The fourth-order valence-electron chi connectivity index (χ4n) is 1.66. The van der Waals surface area contributed by atoms with Gasteiger partial charge in [0.05, 0.1) is 12.3 Å². The standard InChI is InChI=1S/C13H21NO2/c1-4-15-6-5-7-16-13-11(3)8-10(2)9-12(13)14/h8-9H,4-7,14H2,1-3H3. The number of ether oxygens (including phenoxy) is 2.